The van der Waals surface area contributed by atoms with E-state index >= 15 is 0 Å². The first-order valence-electron chi connectivity index (χ1n) is 6.42. The van der Waals surface area contributed by atoms with Crippen molar-refractivity contribution in [2.45, 2.75) is 6.92 Å². The van der Waals surface area contributed by atoms with Gasteiger partial charge in [-0.2, -0.15) is 0 Å². The molecule has 4 nitrogen and oxygen atoms in total. The van der Waals surface area contributed by atoms with Crippen molar-refractivity contribution in [1.29, 1.82) is 0 Å². The second kappa shape index (κ2) is 4.81. The van der Waals surface area contributed by atoms with Crippen molar-refractivity contribution >= 4 is 22.5 Å². The lowest BCUT2D eigenvalue weighted by molar-refractivity contribution is 0.102. The van der Waals surface area contributed by atoms with E-state index in [4.69, 9.17) is 0 Å². The second-order valence-electron chi connectivity index (χ2n) is 4.85. The van der Waals surface area contributed by atoms with Crippen LogP contribution in [0.2, 0.25) is 0 Å². The number of benzene rings is 1. The molecule has 0 saturated carbocycles. The predicted octanol–water partition coefficient (Wildman–Crippen LogP) is 3.13. The summed E-state index contributed by atoms with van der Waals surface area (Å²) in [6.45, 7) is 2.05. The molecule has 4 heteroatoms. The molecule has 0 spiro atoms. The van der Waals surface area contributed by atoms with E-state index < -0.39 is 0 Å². The zero-order valence-corrected chi connectivity index (χ0v) is 11.4. The minimum Gasteiger partial charge on any atom is -0.350 e. The molecule has 2 heterocycles. The lowest BCUT2D eigenvalue weighted by Crippen LogP contribution is -2.11. The third kappa shape index (κ3) is 2.16. The van der Waals surface area contributed by atoms with E-state index in [-0.39, 0.29) is 5.91 Å². The Morgan fingerprint density at radius 3 is 2.90 bits per heavy atom. The number of hydrogen-bond donors (Lipinski definition) is 1. The van der Waals surface area contributed by atoms with Crippen LogP contribution in [0.15, 0.2) is 48.9 Å². The van der Waals surface area contributed by atoms with Gasteiger partial charge in [-0.1, -0.05) is 0 Å². The summed E-state index contributed by atoms with van der Waals surface area (Å²) < 4.78 is 2.06. The maximum Gasteiger partial charge on any atom is 0.255 e. The number of aryl methyl sites for hydroxylation is 2. The van der Waals surface area contributed by atoms with Gasteiger partial charge in [-0.05, 0) is 42.8 Å². The molecule has 0 fully saturated rings. The lowest BCUT2D eigenvalue weighted by atomic mass is 10.1. The number of carbonyl (C=O) groups is 1. The third-order valence-corrected chi connectivity index (χ3v) is 3.37. The predicted molar refractivity (Wildman–Crippen MR) is 79.8 cm³/mol. The quantitative estimate of drug-likeness (QED) is 0.773. The summed E-state index contributed by atoms with van der Waals surface area (Å²) in [5.74, 6) is -0.122. The highest BCUT2D eigenvalue weighted by Gasteiger charge is 2.09. The summed E-state index contributed by atoms with van der Waals surface area (Å²) in [6, 6.07) is 9.35. The third-order valence-electron chi connectivity index (χ3n) is 3.37. The molecule has 1 aromatic carbocycles. The van der Waals surface area contributed by atoms with Crippen LogP contribution in [0.25, 0.3) is 10.9 Å². The topological polar surface area (TPSA) is 46.9 Å². The van der Waals surface area contributed by atoms with Crippen LogP contribution in [0.1, 0.15) is 15.9 Å². The van der Waals surface area contributed by atoms with Gasteiger partial charge in [0.25, 0.3) is 5.91 Å². The van der Waals surface area contributed by atoms with Crippen LogP contribution < -0.4 is 5.32 Å². The number of anilines is 1. The second-order valence-corrected chi connectivity index (χ2v) is 4.85. The van der Waals surface area contributed by atoms with E-state index in [0.717, 1.165) is 10.9 Å². The number of rotatable bonds is 2. The lowest BCUT2D eigenvalue weighted by Gasteiger charge is -2.05. The van der Waals surface area contributed by atoms with E-state index in [1.54, 1.807) is 18.5 Å². The first-order chi connectivity index (χ1) is 9.65. The first kappa shape index (κ1) is 12.4. The van der Waals surface area contributed by atoms with Crippen molar-refractivity contribution in [2.24, 2.45) is 7.05 Å². The van der Waals surface area contributed by atoms with Gasteiger partial charge in [0.1, 0.15) is 0 Å². The number of nitrogens with zero attached hydrogens (tertiary/aromatic N) is 2. The van der Waals surface area contributed by atoms with Gasteiger partial charge >= 0.3 is 0 Å². The fourth-order valence-corrected chi connectivity index (χ4v) is 2.37. The van der Waals surface area contributed by atoms with Crippen molar-refractivity contribution in [3.8, 4) is 0 Å². The van der Waals surface area contributed by atoms with Crippen LogP contribution >= 0.6 is 0 Å². The Morgan fingerprint density at radius 2 is 2.15 bits per heavy atom. The Kier molecular flexibility index (Phi) is 2.99. The Labute approximate surface area is 117 Å². The Hall–Kier alpha value is -2.62. The van der Waals surface area contributed by atoms with Crippen molar-refractivity contribution in [3.05, 3.63) is 60.0 Å². The summed E-state index contributed by atoms with van der Waals surface area (Å²) in [5.41, 5.74) is 3.64. The maximum atomic E-state index is 12.2. The summed E-state index contributed by atoms with van der Waals surface area (Å²) in [5, 5.41) is 3.94. The number of aromatic nitrogens is 2. The summed E-state index contributed by atoms with van der Waals surface area (Å²) in [4.78, 5) is 16.2. The molecule has 100 valence electrons. The Bertz CT molecular complexity index is 775. The van der Waals surface area contributed by atoms with Gasteiger partial charge in [0.15, 0.2) is 0 Å². The van der Waals surface area contributed by atoms with E-state index in [2.05, 4.69) is 21.1 Å². The fourth-order valence-electron chi connectivity index (χ4n) is 2.37. The molecular formula is C16H15N3O. The highest BCUT2D eigenvalue weighted by Crippen LogP contribution is 2.21. The van der Waals surface area contributed by atoms with Gasteiger partial charge in [0.05, 0.1) is 11.9 Å². The van der Waals surface area contributed by atoms with Crippen LogP contribution in [-0.4, -0.2) is 15.5 Å². The van der Waals surface area contributed by atoms with Crippen molar-refractivity contribution < 1.29 is 4.79 Å². The zero-order valence-electron chi connectivity index (χ0n) is 11.4. The monoisotopic (exact) mass is 265 g/mol. The summed E-state index contributed by atoms with van der Waals surface area (Å²) in [6.07, 6.45) is 5.37. The number of hydrogen-bond acceptors (Lipinski definition) is 2. The highest BCUT2D eigenvalue weighted by atomic mass is 16.1. The molecule has 2 aromatic heterocycles. The van der Waals surface area contributed by atoms with Gasteiger partial charge in [0.2, 0.25) is 0 Å². The fraction of sp³-hybridized carbons (Fsp3) is 0.125. The van der Waals surface area contributed by atoms with E-state index in [0.29, 0.717) is 11.3 Å². The summed E-state index contributed by atoms with van der Waals surface area (Å²) in [7, 11) is 2.00. The van der Waals surface area contributed by atoms with Gasteiger partial charge < -0.3 is 9.88 Å². The largest absolute Gasteiger partial charge is 0.350 e. The van der Waals surface area contributed by atoms with Crippen LogP contribution in [0, 0.1) is 6.92 Å². The molecule has 0 unspecified atom stereocenters. The molecule has 3 rings (SSSR count). The Morgan fingerprint density at radius 1 is 1.30 bits per heavy atom. The average Bonchev–Trinajstić information content (AvgIpc) is 2.75. The molecule has 0 aliphatic carbocycles. The molecule has 1 N–H and O–H groups in total. The molecule has 0 radical (unpaired) electrons. The zero-order chi connectivity index (χ0) is 14.1. The Balaban J connectivity index is 1.94. The van der Waals surface area contributed by atoms with E-state index in [9.17, 15) is 4.79 Å². The first-order valence-corrected chi connectivity index (χ1v) is 6.42. The standard InChI is InChI=1S/C16H15N3O/c1-11-10-19(2)15-6-5-12(8-14(11)15)16(20)18-13-4-3-7-17-9-13/h3-10H,1-2H3,(H,18,20). The minimum atomic E-state index is -0.122. The molecule has 0 bridgehead atoms. The van der Waals surface area contributed by atoms with Gasteiger partial charge in [-0.25, -0.2) is 0 Å². The van der Waals surface area contributed by atoms with Gasteiger partial charge in [-0.3, -0.25) is 9.78 Å². The average molecular weight is 265 g/mol. The molecule has 0 atom stereocenters. The summed E-state index contributed by atoms with van der Waals surface area (Å²) >= 11 is 0. The number of fused-ring (bicyclic) bond motifs is 1. The van der Waals surface area contributed by atoms with Gasteiger partial charge in [-0.15, -0.1) is 0 Å². The van der Waals surface area contributed by atoms with Crippen LogP contribution in [0.3, 0.4) is 0 Å². The maximum absolute atomic E-state index is 12.2. The number of nitrogens with one attached hydrogen (secondary N) is 1. The van der Waals surface area contributed by atoms with Crippen molar-refractivity contribution in [1.82, 2.24) is 9.55 Å². The number of pyridine rings is 1. The number of carbonyl (C=O) groups excluding carboxylic acids is 1. The molecule has 1 amide bonds. The molecule has 3 aromatic rings. The highest BCUT2D eigenvalue weighted by molar-refractivity contribution is 6.06. The van der Waals surface area contributed by atoms with Crippen molar-refractivity contribution in [2.75, 3.05) is 5.32 Å². The SMILES string of the molecule is Cc1cn(C)c2ccc(C(=O)Nc3cccnc3)cc12. The number of amides is 1. The van der Waals surface area contributed by atoms with E-state index in [1.807, 2.05) is 38.2 Å². The molecule has 0 saturated heterocycles. The van der Waals surface area contributed by atoms with Gasteiger partial charge in [0, 0.05) is 35.9 Å². The van der Waals surface area contributed by atoms with E-state index in [1.165, 1.54) is 5.56 Å². The van der Waals surface area contributed by atoms with Crippen LogP contribution in [-0.2, 0) is 7.05 Å². The smallest absolute Gasteiger partial charge is 0.255 e. The molecular weight excluding hydrogens is 250 g/mol. The van der Waals surface area contributed by atoms with Crippen molar-refractivity contribution in [3.63, 3.8) is 0 Å². The van der Waals surface area contributed by atoms with Crippen LogP contribution in [0.4, 0.5) is 5.69 Å². The normalized spacial score (nSPS) is 10.7. The van der Waals surface area contributed by atoms with Crippen LogP contribution in [0.5, 0.6) is 0 Å². The molecule has 0 aliphatic heterocycles. The molecule has 0 aliphatic rings. The minimum absolute atomic E-state index is 0.122. The molecule has 20 heavy (non-hydrogen) atoms.